The van der Waals surface area contributed by atoms with Crippen LogP contribution in [0, 0.1) is 11.3 Å². The highest BCUT2D eigenvalue weighted by Gasteiger charge is 2.22. The second-order valence-electron chi connectivity index (χ2n) is 5.83. The van der Waals surface area contributed by atoms with Crippen LogP contribution in [0.25, 0.3) is 0 Å². The van der Waals surface area contributed by atoms with Gasteiger partial charge >= 0.3 is 0 Å². The summed E-state index contributed by atoms with van der Waals surface area (Å²) in [6.45, 7) is 0.665. The van der Waals surface area contributed by atoms with Gasteiger partial charge in [0.05, 0.1) is 5.56 Å². The molecule has 5 heteroatoms. The molecular formula is C16H20N4O. The lowest BCUT2D eigenvalue weighted by atomic mass is 10.1. The van der Waals surface area contributed by atoms with Gasteiger partial charge in [0.25, 0.3) is 0 Å². The molecule has 1 fully saturated rings. The van der Waals surface area contributed by atoms with E-state index in [0.717, 1.165) is 44.2 Å². The van der Waals surface area contributed by atoms with Crippen LogP contribution >= 0.6 is 0 Å². The van der Waals surface area contributed by atoms with Crippen molar-refractivity contribution in [3.05, 3.63) is 22.9 Å². The van der Waals surface area contributed by atoms with Crippen molar-refractivity contribution >= 4 is 11.7 Å². The molecule has 1 aromatic rings. The molecule has 2 aliphatic rings. The lowest BCUT2D eigenvalue weighted by Gasteiger charge is -2.09. The fraction of sp³-hybridized carbons (Fsp3) is 0.562. The number of hydrogen-bond donors (Lipinski definition) is 2. The summed E-state index contributed by atoms with van der Waals surface area (Å²) in [5, 5.41) is 15.4. The van der Waals surface area contributed by atoms with Crippen LogP contribution < -0.4 is 10.6 Å². The van der Waals surface area contributed by atoms with Crippen molar-refractivity contribution in [2.24, 2.45) is 0 Å². The molecule has 5 nitrogen and oxygen atoms in total. The summed E-state index contributed by atoms with van der Waals surface area (Å²) in [6, 6.07) is 4.59. The molecule has 21 heavy (non-hydrogen) atoms. The van der Waals surface area contributed by atoms with E-state index in [1.807, 2.05) is 6.07 Å². The molecule has 0 atom stereocenters. The number of aryl methyl sites for hydroxylation is 2. The normalized spacial score (nSPS) is 16.1. The molecule has 1 heterocycles. The Morgan fingerprint density at radius 1 is 1.43 bits per heavy atom. The van der Waals surface area contributed by atoms with Crippen molar-refractivity contribution in [2.45, 2.75) is 51.0 Å². The fourth-order valence-electron chi connectivity index (χ4n) is 2.68. The molecule has 110 valence electrons. The van der Waals surface area contributed by atoms with Crippen molar-refractivity contribution in [2.75, 3.05) is 11.9 Å². The molecule has 0 bridgehead atoms. The van der Waals surface area contributed by atoms with E-state index in [9.17, 15) is 10.1 Å². The Hall–Kier alpha value is -2.09. The molecule has 1 amide bonds. The minimum absolute atomic E-state index is 0.127. The van der Waals surface area contributed by atoms with Gasteiger partial charge in [-0.2, -0.15) is 5.26 Å². The van der Waals surface area contributed by atoms with Gasteiger partial charge in [0, 0.05) is 24.7 Å². The maximum atomic E-state index is 11.6. The average molecular weight is 284 g/mol. The van der Waals surface area contributed by atoms with E-state index in [0.29, 0.717) is 30.4 Å². The third-order valence-corrected chi connectivity index (χ3v) is 3.99. The van der Waals surface area contributed by atoms with E-state index >= 15 is 0 Å². The monoisotopic (exact) mass is 284 g/mol. The van der Waals surface area contributed by atoms with Crippen molar-refractivity contribution in [1.29, 1.82) is 5.26 Å². The lowest BCUT2D eigenvalue weighted by Crippen LogP contribution is -2.25. The Morgan fingerprint density at radius 2 is 2.29 bits per heavy atom. The van der Waals surface area contributed by atoms with Crippen LogP contribution in [0.2, 0.25) is 0 Å². The fourth-order valence-corrected chi connectivity index (χ4v) is 2.68. The minimum Gasteiger partial charge on any atom is -0.369 e. The van der Waals surface area contributed by atoms with E-state index in [1.54, 1.807) is 0 Å². The van der Waals surface area contributed by atoms with E-state index in [1.165, 1.54) is 5.56 Å². The highest BCUT2D eigenvalue weighted by Crippen LogP contribution is 2.25. The Labute approximate surface area is 124 Å². The van der Waals surface area contributed by atoms with Gasteiger partial charge in [-0.3, -0.25) is 4.79 Å². The second-order valence-corrected chi connectivity index (χ2v) is 5.83. The number of carbonyl (C=O) groups excluding carboxylic acids is 1. The Kier molecular flexibility index (Phi) is 4.05. The first-order valence-corrected chi connectivity index (χ1v) is 7.72. The molecule has 3 rings (SSSR count). The summed E-state index contributed by atoms with van der Waals surface area (Å²) in [5.41, 5.74) is 2.93. The largest absolute Gasteiger partial charge is 0.369 e. The molecular weight excluding hydrogens is 264 g/mol. The molecule has 0 radical (unpaired) electrons. The quantitative estimate of drug-likeness (QED) is 0.782. The first kappa shape index (κ1) is 13.9. The number of fused-ring (bicyclic) bond motifs is 1. The average Bonchev–Trinajstić information content (AvgIpc) is 3.17. The predicted octanol–water partition coefficient (Wildman–Crippen LogP) is 1.91. The van der Waals surface area contributed by atoms with E-state index < -0.39 is 0 Å². The number of pyridine rings is 1. The van der Waals surface area contributed by atoms with Crippen LogP contribution in [-0.4, -0.2) is 23.5 Å². The van der Waals surface area contributed by atoms with Crippen molar-refractivity contribution in [3.8, 4) is 6.07 Å². The minimum atomic E-state index is 0.127. The van der Waals surface area contributed by atoms with Crippen LogP contribution in [0.5, 0.6) is 0 Å². The Bertz CT molecular complexity index is 587. The molecule has 0 aromatic carbocycles. The number of amides is 1. The molecule has 2 N–H and O–H groups in total. The summed E-state index contributed by atoms with van der Waals surface area (Å²) in [4.78, 5) is 16.1. The summed E-state index contributed by atoms with van der Waals surface area (Å²) >= 11 is 0. The summed E-state index contributed by atoms with van der Waals surface area (Å²) in [5.74, 6) is 0.794. The molecule has 2 aliphatic carbocycles. The zero-order valence-corrected chi connectivity index (χ0v) is 12.1. The maximum absolute atomic E-state index is 11.6. The van der Waals surface area contributed by atoms with Gasteiger partial charge in [0.2, 0.25) is 5.91 Å². The first-order valence-electron chi connectivity index (χ1n) is 7.72. The van der Waals surface area contributed by atoms with Crippen LogP contribution in [0.15, 0.2) is 6.07 Å². The molecule has 0 aliphatic heterocycles. The third kappa shape index (κ3) is 3.52. The zero-order valence-electron chi connectivity index (χ0n) is 12.1. The highest BCUT2D eigenvalue weighted by molar-refractivity contribution is 5.76. The molecule has 1 aromatic heterocycles. The molecule has 0 saturated heterocycles. The lowest BCUT2D eigenvalue weighted by molar-refractivity contribution is -0.121. The van der Waals surface area contributed by atoms with E-state index in [2.05, 4.69) is 21.7 Å². The molecule has 0 spiro atoms. The summed E-state index contributed by atoms with van der Waals surface area (Å²) < 4.78 is 0. The number of nitrogens with one attached hydrogen (secondary N) is 2. The van der Waals surface area contributed by atoms with Gasteiger partial charge in [-0.05, 0) is 50.2 Å². The summed E-state index contributed by atoms with van der Waals surface area (Å²) in [7, 11) is 0. The standard InChI is InChI=1S/C16H20N4O/c17-10-12-9-11-3-1-4-14(11)20-16(12)18-8-2-5-15(21)19-13-6-7-13/h9,13H,1-8H2,(H,18,20)(H,19,21). The highest BCUT2D eigenvalue weighted by atomic mass is 16.1. The second kappa shape index (κ2) is 6.13. The number of rotatable bonds is 6. The molecule has 0 unspecified atom stereocenters. The Balaban J connectivity index is 1.50. The number of nitriles is 1. The van der Waals surface area contributed by atoms with Crippen LogP contribution in [0.4, 0.5) is 5.82 Å². The van der Waals surface area contributed by atoms with Crippen molar-refractivity contribution in [3.63, 3.8) is 0 Å². The Morgan fingerprint density at radius 3 is 3.05 bits per heavy atom. The smallest absolute Gasteiger partial charge is 0.220 e. The van der Waals surface area contributed by atoms with E-state index in [-0.39, 0.29) is 5.91 Å². The first-order chi connectivity index (χ1) is 10.3. The van der Waals surface area contributed by atoms with Crippen LogP contribution in [-0.2, 0) is 17.6 Å². The third-order valence-electron chi connectivity index (χ3n) is 3.99. The van der Waals surface area contributed by atoms with Gasteiger partial charge in [-0.15, -0.1) is 0 Å². The van der Waals surface area contributed by atoms with Gasteiger partial charge in [-0.1, -0.05) is 0 Å². The zero-order chi connectivity index (χ0) is 14.7. The van der Waals surface area contributed by atoms with Gasteiger partial charge in [0.1, 0.15) is 11.9 Å². The molecule has 1 saturated carbocycles. The number of anilines is 1. The number of hydrogen-bond acceptors (Lipinski definition) is 4. The van der Waals surface area contributed by atoms with Gasteiger partial charge < -0.3 is 10.6 Å². The predicted molar refractivity (Wildman–Crippen MR) is 79.9 cm³/mol. The van der Waals surface area contributed by atoms with Crippen LogP contribution in [0.1, 0.15) is 48.9 Å². The number of aromatic nitrogens is 1. The van der Waals surface area contributed by atoms with Crippen molar-refractivity contribution < 1.29 is 4.79 Å². The summed E-state index contributed by atoms with van der Waals surface area (Å²) in [6.07, 6.45) is 6.66. The SMILES string of the molecule is N#Cc1cc2c(nc1NCCCC(=O)NC1CC1)CCC2. The van der Waals surface area contributed by atoms with Crippen LogP contribution in [0.3, 0.4) is 0 Å². The number of nitrogens with zero attached hydrogens (tertiary/aromatic N) is 2. The topological polar surface area (TPSA) is 77.8 Å². The van der Waals surface area contributed by atoms with Gasteiger partial charge in [0.15, 0.2) is 0 Å². The van der Waals surface area contributed by atoms with E-state index in [4.69, 9.17) is 0 Å². The van der Waals surface area contributed by atoms with Gasteiger partial charge in [-0.25, -0.2) is 4.98 Å². The van der Waals surface area contributed by atoms with Crippen molar-refractivity contribution in [1.82, 2.24) is 10.3 Å². The number of carbonyl (C=O) groups is 1. The maximum Gasteiger partial charge on any atom is 0.220 e.